The fraction of sp³-hybridized carbons (Fsp3) is 0.0769. The summed E-state index contributed by atoms with van der Waals surface area (Å²) in [6.45, 7) is 0. The summed E-state index contributed by atoms with van der Waals surface area (Å²) < 4.78 is 0. The van der Waals surface area contributed by atoms with Crippen LogP contribution in [0.4, 0.5) is 0 Å². The number of phenols is 3. The predicted octanol–water partition coefficient (Wildman–Crippen LogP) is 2.39. The summed E-state index contributed by atoms with van der Waals surface area (Å²) in [5, 5.41) is 28.2. The van der Waals surface area contributed by atoms with Gasteiger partial charge in [-0.05, 0) is 29.3 Å². The second-order valence-electron chi connectivity index (χ2n) is 3.66. The van der Waals surface area contributed by atoms with Crippen molar-refractivity contribution < 1.29 is 15.3 Å². The number of para-hydroxylation sites is 1. The van der Waals surface area contributed by atoms with Crippen LogP contribution in [0, 0.1) is 0 Å². The molecule has 0 saturated heterocycles. The number of hydrogen-bond acceptors (Lipinski definition) is 3. The van der Waals surface area contributed by atoms with E-state index in [9.17, 15) is 15.3 Å². The molecule has 3 heteroatoms. The largest absolute Gasteiger partial charge is 0.508 e. The highest BCUT2D eigenvalue weighted by molar-refractivity contribution is 5.41. The monoisotopic (exact) mass is 216 g/mol. The molecular formula is C13H12O3. The third-order valence-electron chi connectivity index (χ3n) is 2.35. The summed E-state index contributed by atoms with van der Waals surface area (Å²) in [7, 11) is 0. The molecule has 0 heterocycles. The maximum absolute atomic E-state index is 9.59. The Morgan fingerprint density at radius 3 is 2.06 bits per heavy atom. The van der Waals surface area contributed by atoms with E-state index in [4.69, 9.17) is 0 Å². The molecule has 0 fully saturated rings. The molecule has 82 valence electrons. The van der Waals surface area contributed by atoms with Crippen LogP contribution in [0.5, 0.6) is 17.2 Å². The van der Waals surface area contributed by atoms with E-state index in [0.717, 1.165) is 11.1 Å². The summed E-state index contributed by atoms with van der Waals surface area (Å²) in [5.74, 6) is 0.251. The van der Waals surface area contributed by atoms with Crippen LogP contribution in [0.2, 0.25) is 0 Å². The van der Waals surface area contributed by atoms with E-state index in [-0.39, 0.29) is 17.2 Å². The smallest absolute Gasteiger partial charge is 0.119 e. The van der Waals surface area contributed by atoms with Gasteiger partial charge in [0.1, 0.15) is 17.2 Å². The normalized spacial score (nSPS) is 10.2. The number of benzene rings is 2. The van der Waals surface area contributed by atoms with Crippen LogP contribution in [-0.4, -0.2) is 15.3 Å². The van der Waals surface area contributed by atoms with Crippen molar-refractivity contribution in [3.05, 3.63) is 53.6 Å². The highest BCUT2D eigenvalue weighted by Crippen LogP contribution is 2.25. The van der Waals surface area contributed by atoms with Crippen molar-refractivity contribution in [2.45, 2.75) is 6.42 Å². The second-order valence-corrected chi connectivity index (χ2v) is 3.66. The lowest BCUT2D eigenvalue weighted by molar-refractivity contribution is 0.449. The maximum atomic E-state index is 9.59. The van der Waals surface area contributed by atoms with Gasteiger partial charge in [0.15, 0.2) is 0 Å². The molecule has 2 rings (SSSR count). The first kappa shape index (κ1) is 10.4. The molecule has 0 bridgehead atoms. The molecule has 2 aromatic carbocycles. The van der Waals surface area contributed by atoms with Gasteiger partial charge in [-0.2, -0.15) is 0 Å². The molecule has 0 aromatic heterocycles. The van der Waals surface area contributed by atoms with Crippen LogP contribution in [0.25, 0.3) is 0 Å². The molecule has 0 atom stereocenters. The van der Waals surface area contributed by atoms with Crippen molar-refractivity contribution in [1.82, 2.24) is 0 Å². The van der Waals surface area contributed by atoms with Gasteiger partial charge in [0, 0.05) is 12.5 Å². The molecule has 3 N–H and O–H groups in total. The van der Waals surface area contributed by atoms with Crippen LogP contribution < -0.4 is 0 Å². The Labute approximate surface area is 93.2 Å². The lowest BCUT2D eigenvalue weighted by Crippen LogP contribution is -1.88. The van der Waals surface area contributed by atoms with Gasteiger partial charge in [0.2, 0.25) is 0 Å². The van der Waals surface area contributed by atoms with Crippen molar-refractivity contribution in [3.8, 4) is 17.2 Å². The average molecular weight is 216 g/mol. The van der Waals surface area contributed by atoms with Gasteiger partial charge in [-0.25, -0.2) is 0 Å². The van der Waals surface area contributed by atoms with Crippen molar-refractivity contribution >= 4 is 0 Å². The third kappa shape index (κ3) is 2.25. The van der Waals surface area contributed by atoms with E-state index >= 15 is 0 Å². The molecule has 0 unspecified atom stereocenters. The minimum atomic E-state index is 0.0189. The first-order valence-electron chi connectivity index (χ1n) is 4.94. The van der Waals surface area contributed by atoms with Crippen LogP contribution in [0.15, 0.2) is 42.5 Å². The van der Waals surface area contributed by atoms with Gasteiger partial charge in [-0.3, -0.25) is 0 Å². The summed E-state index contributed by atoms with van der Waals surface area (Å²) in [5.41, 5.74) is 1.51. The fourth-order valence-corrected chi connectivity index (χ4v) is 1.64. The number of phenolic OH excluding ortho intramolecular Hbond substituents is 3. The van der Waals surface area contributed by atoms with Crippen molar-refractivity contribution in [1.29, 1.82) is 0 Å². The molecule has 0 amide bonds. The van der Waals surface area contributed by atoms with Gasteiger partial charge < -0.3 is 15.3 Å². The topological polar surface area (TPSA) is 60.7 Å². The Morgan fingerprint density at radius 2 is 1.44 bits per heavy atom. The van der Waals surface area contributed by atoms with Gasteiger partial charge >= 0.3 is 0 Å². The average Bonchev–Trinajstić information content (AvgIpc) is 2.20. The minimum Gasteiger partial charge on any atom is -0.508 e. The molecule has 3 nitrogen and oxygen atoms in total. The highest BCUT2D eigenvalue weighted by atomic mass is 16.3. The van der Waals surface area contributed by atoms with E-state index in [1.54, 1.807) is 30.3 Å². The zero-order valence-electron chi connectivity index (χ0n) is 8.59. The second kappa shape index (κ2) is 4.14. The van der Waals surface area contributed by atoms with Crippen LogP contribution in [0.3, 0.4) is 0 Å². The lowest BCUT2D eigenvalue weighted by Gasteiger charge is -2.05. The summed E-state index contributed by atoms with van der Waals surface area (Å²) in [6.07, 6.45) is 0.467. The lowest BCUT2D eigenvalue weighted by atomic mass is 10.0. The van der Waals surface area contributed by atoms with Crippen LogP contribution in [0.1, 0.15) is 11.1 Å². The molecule has 2 aromatic rings. The Balaban J connectivity index is 2.30. The van der Waals surface area contributed by atoms with Crippen molar-refractivity contribution in [2.24, 2.45) is 0 Å². The Morgan fingerprint density at radius 1 is 0.812 bits per heavy atom. The Kier molecular flexibility index (Phi) is 2.68. The summed E-state index contributed by atoms with van der Waals surface area (Å²) in [4.78, 5) is 0. The SMILES string of the molecule is Oc1cc(O)cc(Cc2ccccc2O)c1. The quantitative estimate of drug-likeness (QED) is 0.722. The van der Waals surface area contributed by atoms with Crippen molar-refractivity contribution in [2.75, 3.05) is 0 Å². The van der Waals surface area contributed by atoms with E-state index in [1.165, 1.54) is 6.07 Å². The highest BCUT2D eigenvalue weighted by Gasteiger charge is 2.04. The van der Waals surface area contributed by atoms with E-state index in [2.05, 4.69) is 0 Å². The molecule has 0 aliphatic carbocycles. The summed E-state index contributed by atoms with van der Waals surface area (Å²) >= 11 is 0. The van der Waals surface area contributed by atoms with Crippen molar-refractivity contribution in [3.63, 3.8) is 0 Å². The molecule has 0 saturated carbocycles. The molecular weight excluding hydrogens is 204 g/mol. The summed E-state index contributed by atoms with van der Waals surface area (Å²) in [6, 6.07) is 11.4. The zero-order chi connectivity index (χ0) is 11.5. The fourth-order valence-electron chi connectivity index (χ4n) is 1.64. The Hall–Kier alpha value is -2.16. The molecule has 16 heavy (non-hydrogen) atoms. The molecule has 0 aliphatic heterocycles. The first-order valence-corrected chi connectivity index (χ1v) is 4.94. The predicted molar refractivity (Wildman–Crippen MR) is 60.7 cm³/mol. The van der Waals surface area contributed by atoms with Gasteiger partial charge in [-0.1, -0.05) is 18.2 Å². The van der Waals surface area contributed by atoms with E-state index in [0.29, 0.717) is 6.42 Å². The van der Waals surface area contributed by atoms with Gasteiger partial charge in [0.05, 0.1) is 0 Å². The number of rotatable bonds is 2. The maximum Gasteiger partial charge on any atom is 0.119 e. The van der Waals surface area contributed by atoms with Crippen LogP contribution >= 0.6 is 0 Å². The van der Waals surface area contributed by atoms with Gasteiger partial charge in [-0.15, -0.1) is 0 Å². The standard InChI is InChI=1S/C13H12O3/c14-11-6-9(7-12(15)8-11)5-10-3-1-2-4-13(10)16/h1-4,6-8,14-16H,5H2. The third-order valence-corrected chi connectivity index (χ3v) is 2.35. The number of aromatic hydroxyl groups is 3. The Bertz CT molecular complexity index is 486. The first-order chi connectivity index (χ1) is 7.65. The van der Waals surface area contributed by atoms with Crippen LogP contribution in [-0.2, 0) is 6.42 Å². The zero-order valence-corrected chi connectivity index (χ0v) is 8.59. The van der Waals surface area contributed by atoms with Gasteiger partial charge in [0.25, 0.3) is 0 Å². The number of hydrogen-bond donors (Lipinski definition) is 3. The molecule has 0 aliphatic rings. The molecule has 0 radical (unpaired) electrons. The van der Waals surface area contributed by atoms with E-state index < -0.39 is 0 Å². The minimum absolute atomic E-state index is 0.0189. The van der Waals surface area contributed by atoms with E-state index in [1.807, 2.05) is 6.07 Å². The molecule has 0 spiro atoms.